The molecule has 0 saturated carbocycles. The number of halogens is 2. The van der Waals surface area contributed by atoms with Crippen LogP contribution in [-0.4, -0.2) is 35.2 Å². The molecule has 2 unspecified atom stereocenters. The van der Waals surface area contributed by atoms with Gasteiger partial charge in [-0.3, -0.25) is 20.4 Å². The highest BCUT2D eigenvalue weighted by atomic mass is 35.5. The summed E-state index contributed by atoms with van der Waals surface area (Å²) in [5.74, 6) is -2.30. The van der Waals surface area contributed by atoms with Gasteiger partial charge in [-0.25, -0.2) is 0 Å². The first kappa shape index (κ1) is 22.2. The van der Waals surface area contributed by atoms with E-state index in [0.717, 1.165) is 11.1 Å². The van der Waals surface area contributed by atoms with E-state index in [9.17, 15) is 9.59 Å². The topological polar surface area (TPSA) is 98.7 Å². The van der Waals surface area contributed by atoms with E-state index in [-0.39, 0.29) is 24.7 Å². The number of carboxylic acids is 2. The summed E-state index contributed by atoms with van der Waals surface area (Å²) in [4.78, 5) is 22.3. The Labute approximate surface area is 173 Å². The summed E-state index contributed by atoms with van der Waals surface area (Å²) in [6.45, 7) is 0.739. The van der Waals surface area contributed by atoms with Crippen LogP contribution in [0.3, 0.4) is 0 Å². The quantitative estimate of drug-likeness (QED) is 0.322. The first-order valence-corrected chi connectivity index (χ1v) is 9.51. The largest absolute Gasteiger partial charge is 0.481 e. The number of carbonyl (C=O) groups is 2. The normalized spacial score (nSPS) is 13.1. The maximum Gasteiger partial charge on any atom is 0.304 e. The van der Waals surface area contributed by atoms with Crippen LogP contribution in [0.1, 0.15) is 35.8 Å². The summed E-state index contributed by atoms with van der Waals surface area (Å²) < 4.78 is 0. The van der Waals surface area contributed by atoms with Gasteiger partial charge >= 0.3 is 11.9 Å². The molecular weight excluding hydrogens is 403 g/mol. The van der Waals surface area contributed by atoms with E-state index in [0.29, 0.717) is 23.1 Å². The van der Waals surface area contributed by atoms with Crippen LogP contribution in [0.25, 0.3) is 0 Å². The fourth-order valence-corrected chi connectivity index (χ4v) is 3.15. The van der Waals surface area contributed by atoms with E-state index in [1.54, 1.807) is 48.5 Å². The van der Waals surface area contributed by atoms with Gasteiger partial charge < -0.3 is 10.2 Å². The van der Waals surface area contributed by atoms with Crippen molar-refractivity contribution in [3.8, 4) is 0 Å². The van der Waals surface area contributed by atoms with Crippen molar-refractivity contribution in [2.75, 3.05) is 13.1 Å². The van der Waals surface area contributed by atoms with Crippen molar-refractivity contribution in [3.05, 3.63) is 69.7 Å². The van der Waals surface area contributed by atoms with Gasteiger partial charge in [-0.1, -0.05) is 47.5 Å². The van der Waals surface area contributed by atoms with Gasteiger partial charge in [0.15, 0.2) is 0 Å². The number of hydrogen-bond donors (Lipinski definition) is 4. The highest BCUT2D eigenvalue weighted by Gasteiger charge is 2.18. The fourth-order valence-electron chi connectivity index (χ4n) is 2.90. The molecule has 0 saturated heterocycles. The highest BCUT2D eigenvalue weighted by Crippen LogP contribution is 2.22. The van der Waals surface area contributed by atoms with Gasteiger partial charge in [-0.15, -0.1) is 0 Å². The van der Waals surface area contributed by atoms with E-state index in [1.165, 1.54) is 0 Å². The number of hydrazine groups is 1. The monoisotopic (exact) mass is 424 g/mol. The molecule has 0 aliphatic rings. The summed E-state index contributed by atoms with van der Waals surface area (Å²) in [5, 5.41) is 19.5. The van der Waals surface area contributed by atoms with Crippen molar-refractivity contribution in [3.63, 3.8) is 0 Å². The summed E-state index contributed by atoms with van der Waals surface area (Å²) in [7, 11) is 0. The molecule has 0 aliphatic carbocycles. The van der Waals surface area contributed by atoms with Gasteiger partial charge in [-0.2, -0.15) is 0 Å². The van der Waals surface area contributed by atoms with Crippen LogP contribution in [0, 0.1) is 0 Å². The Morgan fingerprint density at radius 3 is 1.32 bits per heavy atom. The summed E-state index contributed by atoms with van der Waals surface area (Å²) >= 11 is 11.8. The van der Waals surface area contributed by atoms with Crippen LogP contribution in [0.4, 0.5) is 0 Å². The van der Waals surface area contributed by atoms with Gasteiger partial charge in [0.05, 0.1) is 12.8 Å². The number of rotatable bonds is 11. The molecule has 0 radical (unpaired) electrons. The number of carboxylic acid groups (broad SMARTS) is 2. The molecule has 28 heavy (non-hydrogen) atoms. The first-order valence-electron chi connectivity index (χ1n) is 8.75. The molecule has 6 nitrogen and oxygen atoms in total. The standard InChI is InChI=1S/C20H22Cl2N2O4/c21-17-5-1-13(2-6-17)15(9-19(25)26)11-23-24-12-16(10-20(27)28)14-3-7-18(22)8-4-14/h1-8,15-16,23-24H,9-12H2,(H,25,26)(H,27,28). The lowest BCUT2D eigenvalue weighted by molar-refractivity contribution is -0.138. The Balaban J connectivity index is 1.95. The van der Waals surface area contributed by atoms with Crippen molar-refractivity contribution in [1.29, 1.82) is 0 Å². The second-order valence-corrected chi connectivity index (χ2v) is 7.33. The van der Waals surface area contributed by atoms with Crippen molar-refractivity contribution in [2.24, 2.45) is 0 Å². The molecule has 2 aromatic rings. The van der Waals surface area contributed by atoms with Crippen molar-refractivity contribution in [1.82, 2.24) is 10.9 Å². The summed E-state index contributed by atoms with van der Waals surface area (Å²) in [6.07, 6.45) is -0.0713. The smallest absolute Gasteiger partial charge is 0.304 e. The lowest BCUT2D eigenvalue weighted by Gasteiger charge is -2.20. The molecule has 8 heteroatoms. The van der Waals surface area contributed by atoms with Gasteiger partial charge in [-0.05, 0) is 35.4 Å². The highest BCUT2D eigenvalue weighted by molar-refractivity contribution is 6.30. The Morgan fingerprint density at radius 2 is 1.04 bits per heavy atom. The SMILES string of the molecule is O=C(O)CC(CNNCC(CC(=O)O)c1ccc(Cl)cc1)c1ccc(Cl)cc1. The molecule has 0 fully saturated rings. The lowest BCUT2D eigenvalue weighted by atomic mass is 9.95. The molecule has 0 aliphatic heterocycles. The van der Waals surface area contributed by atoms with Crippen molar-refractivity contribution >= 4 is 35.1 Å². The average Bonchev–Trinajstić information content (AvgIpc) is 2.64. The lowest BCUT2D eigenvalue weighted by Crippen LogP contribution is -2.38. The molecular formula is C20H22Cl2N2O4. The Morgan fingerprint density at radius 1 is 0.714 bits per heavy atom. The van der Waals surface area contributed by atoms with E-state index in [2.05, 4.69) is 10.9 Å². The van der Waals surface area contributed by atoms with E-state index >= 15 is 0 Å². The number of aliphatic carboxylic acids is 2. The number of nitrogens with one attached hydrogen (secondary N) is 2. The van der Waals surface area contributed by atoms with E-state index in [1.807, 2.05) is 0 Å². The Kier molecular flexibility index (Phi) is 8.73. The molecule has 2 atom stereocenters. The minimum absolute atomic E-state index is 0.0357. The molecule has 0 spiro atoms. The minimum atomic E-state index is -0.897. The van der Waals surface area contributed by atoms with Gasteiger partial charge in [0.1, 0.15) is 0 Å². The predicted molar refractivity (Wildman–Crippen MR) is 109 cm³/mol. The Bertz CT molecular complexity index is 714. The second-order valence-electron chi connectivity index (χ2n) is 6.45. The maximum absolute atomic E-state index is 11.2. The Hall–Kier alpha value is -2.12. The molecule has 0 aromatic heterocycles. The first-order chi connectivity index (χ1) is 13.3. The summed E-state index contributed by atoms with van der Waals surface area (Å²) in [5.41, 5.74) is 7.77. The second kappa shape index (κ2) is 11.0. The maximum atomic E-state index is 11.2. The fraction of sp³-hybridized carbons (Fsp3) is 0.300. The molecule has 2 rings (SSSR count). The minimum Gasteiger partial charge on any atom is -0.481 e. The van der Waals surface area contributed by atoms with Crippen LogP contribution in [-0.2, 0) is 9.59 Å². The van der Waals surface area contributed by atoms with Crippen LogP contribution in [0.2, 0.25) is 10.0 Å². The number of benzene rings is 2. The van der Waals surface area contributed by atoms with E-state index < -0.39 is 11.9 Å². The zero-order chi connectivity index (χ0) is 20.5. The predicted octanol–water partition coefficient (Wildman–Crippen LogP) is 3.90. The zero-order valence-corrected chi connectivity index (χ0v) is 16.6. The van der Waals surface area contributed by atoms with Crippen LogP contribution >= 0.6 is 23.2 Å². The average molecular weight is 425 g/mol. The molecule has 0 heterocycles. The van der Waals surface area contributed by atoms with Crippen LogP contribution in [0.15, 0.2) is 48.5 Å². The third-order valence-electron chi connectivity index (χ3n) is 4.35. The molecule has 2 aromatic carbocycles. The van der Waals surface area contributed by atoms with Crippen molar-refractivity contribution in [2.45, 2.75) is 24.7 Å². The zero-order valence-electron chi connectivity index (χ0n) is 15.1. The van der Waals surface area contributed by atoms with Gasteiger partial charge in [0.2, 0.25) is 0 Å². The molecule has 0 bridgehead atoms. The molecule has 0 amide bonds. The molecule has 4 N–H and O–H groups in total. The number of hydrogen-bond acceptors (Lipinski definition) is 4. The third kappa shape index (κ3) is 7.48. The third-order valence-corrected chi connectivity index (χ3v) is 4.85. The summed E-state index contributed by atoms with van der Waals surface area (Å²) in [6, 6.07) is 14.1. The van der Waals surface area contributed by atoms with E-state index in [4.69, 9.17) is 33.4 Å². The van der Waals surface area contributed by atoms with Crippen molar-refractivity contribution < 1.29 is 19.8 Å². The van der Waals surface area contributed by atoms with Crippen LogP contribution < -0.4 is 10.9 Å². The van der Waals surface area contributed by atoms with Gasteiger partial charge in [0, 0.05) is 35.0 Å². The van der Waals surface area contributed by atoms with Gasteiger partial charge in [0.25, 0.3) is 0 Å². The molecule has 150 valence electrons. The van der Waals surface area contributed by atoms with Crippen LogP contribution in [0.5, 0.6) is 0 Å².